The molecule has 0 saturated heterocycles. The lowest BCUT2D eigenvalue weighted by Gasteiger charge is -2.10. The Morgan fingerprint density at radius 2 is 1.81 bits per heavy atom. The SMILES string of the molecule is CCCCCCCCCC(C)C1=NCCO1. The van der Waals surface area contributed by atoms with E-state index in [1.54, 1.807) is 0 Å². The molecule has 0 spiro atoms. The first-order valence-corrected chi connectivity index (χ1v) is 7.01. The second-order valence-electron chi connectivity index (χ2n) is 4.88. The largest absolute Gasteiger partial charge is 0.479 e. The maximum absolute atomic E-state index is 5.47. The Kier molecular flexibility index (Phi) is 7.28. The predicted molar refractivity (Wildman–Crippen MR) is 70.0 cm³/mol. The number of hydrogen-bond acceptors (Lipinski definition) is 2. The van der Waals surface area contributed by atoms with Crippen molar-refractivity contribution in [2.75, 3.05) is 13.2 Å². The molecule has 1 unspecified atom stereocenters. The zero-order valence-corrected chi connectivity index (χ0v) is 11.0. The van der Waals surface area contributed by atoms with Gasteiger partial charge in [-0.2, -0.15) is 0 Å². The van der Waals surface area contributed by atoms with E-state index in [2.05, 4.69) is 18.8 Å². The van der Waals surface area contributed by atoms with Gasteiger partial charge in [0.25, 0.3) is 0 Å². The van der Waals surface area contributed by atoms with E-state index in [-0.39, 0.29) is 0 Å². The van der Waals surface area contributed by atoms with Gasteiger partial charge in [-0.25, -0.2) is 0 Å². The molecule has 0 aromatic heterocycles. The van der Waals surface area contributed by atoms with Crippen molar-refractivity contribution in [3.63, 3.8) is 0 Å². The molecule has 2 nitrogen and oxygen atoms in total. The third-order valence-corrected chi connectivity index (χ3v) is 3.27. The van der Waals surface area contributed by atoms with Crippen LogP contribution in [0.3, 0.4) is 0 Å². The average Bonchev–Trinajstić information content (AvgIpc) is 2.81. The lowest BCUT2D eigenvalue weighted by molar-refractivity contribution is 0.320. The molecule has 0 aliphatic carbocycles. The minimum Gasteiger partial charge on any atom is -0.479 e. The second-order valence-corrected chi connectivity index (χ2v) is 4.88. The Bertz CT molecular complexity index is 201. The van der Waals surface area contributed by atoms with E-state index in [4.69, 9.17) is 4.74 Å². The van der Waals surface area contributed by atoms with E-state index in [9.17, 15) is 0 Å². The average molecular weight is 225 g/mol. The topological polar surface area (TPSA) is 21.6 Å². The summed E-state index contributed by atoms with van der Waals surface area (Å²) in [5, 5.41) is 0. The molecule has 1 aliphatic rings. The van der Waals surface area contributed by atoms with Crippen molar-refractivity contribution in [1.29, 1.82) is 0 Å². The van der Waals surface area contributed by atoms with Gasteiger partial charge in [0, 0.05) is 5.92 Å². The van der Waals surface area contributed by atoms with E-state index in [1.807, 2.05) is 0 Å². The van der Waals surface area contributed by atoms with Crippen LogP contribution in [-0.2, 0) is 4.74 Å². The molecule has 0 aromatic carbocycles. The van der Waals surface area contributed by atoms with Crippen molar-refractivity contribution in [3.8, 4) is 0 Å². The van der Waals surface area contributed by atoms with Gasteiger partial charge in [-0.1, -0.05) is 58.8 Å². The maximum Gasteiger partial charge on any atom is 0.186 e. The molecule has 94 valence electrons. The summed E-state index contributed by atoms with van der Waals surface area (Å²) >= 11 is 0. The van der Waals surface area contributed by atoms with Gasteiger partial charge in [0.05, 0.1) is 6.54 Å². The van der Waals surface area contributed by atoms with Crippen LogP contribution in [0.1, 0.15) is 65.2 Å². The molecule has 0 radical (unpaired) electrons. The zero-order chi connectivity index (χ0) is 11.6. The Hall–Kier alpha value is -0.530. The Morgan fingerprint density at radius 3 is 2.44 bits per heavy atom. The fourth-order valence-corrected chi connectivity index (χ4v) is 2.18. The molecule has 0 aromatic rings. The van der Waals surface area contributed by atoms with Crippen LogP contribution >= 0.6 is 0 Å². The van der Waals surface area contributed by atoms with E-state index < -0.39 is 0 Å². The molecule has 0 fully saturated rings. The summed E-state index contributed by atoms with van der Waals surface area (Å²) in [6, 6.07) is 0. The van der Waals surface area contributed by atoms with Crippen molar-refractivity contribution < 1.29 is 4.74 Å². The maximum atomic E-state index is 5.47. The van der Waals surface area contributed by atoms with Gasteiger partial charge in [0.2, 0.25) is 0 Å². The molecule has 0 N–H and O–H groups in total. The smallest absolute Gasteiger partial charge is 0.186 e. The van der Waals surface area contributed by atoms with Crippen molar-refractivity contribution >= 4 is 5.90 Å². The molecule has 1 heterocycles. The molecular weight excluding hydrogens is 198 g/mol. The van der Waals surface area contributed by atoms with Crippen LogP contribution in [-0.4, -0.2) is 19.0 Å². The first-order valence-electron chi connectivity index (χ1n) is 7.01. The van der Waals surface area contributed by atoms with Gasteiger partial charge in [-0.3, -0.25) is 4.99 Å². The standard InChI is InChI=1S/C14H27NO/c1-3-4-5-6-7-8-9-10-13(2)14-15-11-12-16-14/h13H,3-12H2,1-2H3. The van der Waals surface area contributed by atoms with Crippen LogP contribution in [0.25, 0.3) is 0 Å². The fraction of sp³-hybridized carbons (Fsp3) is 0.929. The van der Waals surface area contributed by atoms with E-state index in [0.29, 0.717) is 5.92 Å². The van der Waals surface area contributed by atoms with Crippen LogP contribution in [0.4, 0.5) is 0 Å². The normalized spacial score (nSPS) is 17.0. The van der Waals surface area contributed by atoms with Crippen LogP contribution in [0.2, 0.25) is 0 Å². The van der Waals surface area contributed by atoms with Crippen molar-refractivity contribution in [1.82, 2.24) is 0 Å². The molecule has 0 bridgehead atoms. The summed E-state index contributed by atoms with van der Waals surface area (Å²) in [5.41, 5.74) is 0. The minimum atomic E-state index is 0.540. The highest BCUT2D eigenvalue weighted by Crippen LogP contribution is 2.16. The number of nitrogens with zero attached hydrogens (tertiary/aromatic N) is 1. The van der Waals surface area contributed by atoms with E-state index in [1.165, 1.54) is 51.4 Å². The molecule has 1 aliphatic heterocycles. The van der Waals surface area contributed by atoms with Gasteiger partial charge in [0.1, 0.15) is 6.61 Å². The van der Waals surface area contributed by atoms with Gasteiger partial charge in [-0.15, -0.1) is 0 Å². The number of aliphatic imine (C=N–C) groups is 1. The Balaban J connectivity index is 1.90. The summed E-state index contributed by atoms with van der Waals surface area (Å²) in [6.07, 6.45) is 10.9. The van der Waals surface area contributed by atoms with Crippen LogP contribution in [0.15, 0.2) is 4.99 Å². The predicted octanol–water partition coefficient (Wildman–Crippen LogP) is 4.19. The van der Waals surface area contributed by atoms with Gasteiger partial charge < -0.3 is 4.74 Å². The molecule has 16 heavy (non-hydrogen) atoms. The first-order chi connectivity index (χ1) is 7.84. The summed E-state index contributed by atoms with van der Waals surface area (Å²) in [4.78, 5) is 4.37. The number of ether oxygens (including phenoxy) is 1. The zero-order valence-electron chi connectivity index (χ0n) is 11.0. The highest BCUT2D eigenvalue weighted by Gasteiger charge is 2.14. The van der Waals surface area contributed by atoms with Gasteiger partial charge in [-0.05, 0) is 6.42 Å². The number of hydrogen-bond donors (Lipinski definition) is 0. The monoisotopic (exact) mass is 225 g/mol. The van der Waals surface area contributed by atoms with Crippen molar-refractivity contribution in [2.24, 2.45) is 10.9 Å². The van der Waals surface area contributed by atoms with Crippen molar-refractivity contribution in [2.45, 2.75) is 65.2 Å². The lowest BCUT2D eigenvalue weighted by Crippen LogP contribution is -2.11. The molecule has 1 rings (SSSR count). The third-order valence-electron chi connectivity index (χ3n) is 3.27. The summed E-state index contributed by atoms with van der Waals surface area (Å²) in [5.74, 6) is 1.55. The molecule has 1 atom stereocenters. The molecule has 0 amide bonds. The summed E-state index contributed by atoms with van der Waals surface area (Å²) in [7, 11) is 0. The third kappa shape index (κ3) is 5.53. The molecule has 2 heteroatoms. The van der Waals surface area contributed by atoms with Gasteiger partial charge >= 0.3 is 0 Å². The van der Waals surface area contributed by atoms with Gasteiger partial charge in [0.15, 0.2) is 5.90 Å². The minimum absolute atomic E-state index is 0.540. The highest BCUT2D eigenvalue weighted by molar-refractivity contribution is 5.79. The van der Waals surface area contributed by atoms with E-state index in [0.717, 1.165) is 19.0 Å². The quantitative estimate of drug-likeness (QED) is 0.539. The van der Waals surface area contributed by atoms with Crippen LogP contribution in [0.5, 0.6) is 0 Å². The van der Waals surface area contributed by atoms with E-state index >= 15 is 0 Å². The summed E-state index contributed by atoms with van der Waals surface area (Å²) < 4.78 is 5.47. The number of unbranched alkanes of at least 4 members (excludes halogenated alkanes) is 6. The highest BCUT2D eigenvalue weighted by atomic mass is 16.5. The Labute approximate surface area is 100 Å². The fourth-order valence-electron chi connectivity index (χ4n) is 2.18. The molecular formula is C14H27NO. The Morgan fingerprint density at radius 1 is 1.12 bits per heavy atom. The van der Waals surface area contributed by atoms with Crippen molar-refractivity contribution in [3.05, 3.63) is 0 Å². The first kappa shape index (κ1) is 13.5. The van der Waals surface area contributed by atoms with Crippen LogP contribution in [0, 0.1) is 5.92 Å². The number of rotatable bonds is 9. The lowest BCUT2D eigenvalue weighted by atomic mass is 10.0. The van der Waals surface area contributed by atoms with Crippen LogP contribution < -0.4 is 0 Å². The molecule has 0 saturated carbocycles. The summed E-state index contributed by atoms with van der Waals surface area (Å²) in [6.45, 7) is 6.18. The second kappa shape index (κ2) is 8.60.